The van der Waals surface area contributed by atoms with Crippen LogP contribution in [-0.4, -0.2) is 27.0 Å². The molecule has 0 N–H and O–H groups in total. The van der Waals surface area contributed by atoms with Gasteiger partial charge in [-0.2, -0.15) is 0 Å². The minimum atomic E-state index is 0.451. The Morgan fingerprint density at radius 1 is 1.19 bits per heavy atom. The van der Waals surface area contributed by atoms with Gasteiger partial charge in [-0.3, -0.25) is 0 Å². The summed E-state index contributed by atoms with van der Waals surface area (Å²) < 4.78 is 5.84. The number of ether oxygens (including phenoxy) is 1. The molecule has 0 saturated heterocycles. The zero-order chi connectivity index (χ0) is 11.5. The number of hydrogen-bond donors (Lipinski definition) is 0. The van der Waals surface area contributed by atoms with E-state index in [-0.39, 0.29) is 0 Å². The number of nitrogens with zero attached hydrogens (tertiary/aromatic N) is 4. The Balaban J connectivity index is 2.58. The highest BCUT2D eigenvalue weighted by atomic mass is 79.9. The van der Waals surface area contributed by atoms with Gasteiger partial charge >= 0.3 is 0 Å². The molecule has 6 heteroatoms. The van der Waals surface area contributed by atoms with E-state index in [4.69, 9.17) is 4.74 Å². The molecule has 0 aliphatic carbocycles. The van der Waals surface area contributed by atoms with E-state index in [0.29, 0.717) is 27.7 Å². The van der Waals surface area contributed by atoms with Crippen LogP contribution in [0, 0.1) is 6.92 Å². The van der Waals surface area contributed by atoms with Gasteiger partial charge in [-0.05, 0) is 28.9 Å². The Hall–Kier alpha value is -1.56. The smallest absolute Gasteiger partial charge is 0.241 e. The van der Waals surface area contributed by atoms with Crippen LogP contribution in [0.25, 0.3) is 11.4 Å². The number of aryl methyl sites for hydroxylation is 1. The summed E-state index contributed by atoms with van der Waals surface area (Å²) in [7, 11) is 1.55. The molecule has 82 valence electrons. The summed E-state index contributed by atoms with van der Waals surface area (Å²) in [5.74, 6) is 1.12. The van der Waals surface area contributed by atoms with Gasteiger partial charge in [0.05, 0.1) is 12.8 Å². The number of methoxy groups -OCH3 is 1. The third-order valence-electron chi connectivity index (χ3n) is 1.91. The molecular formula is C10H9BrN4O. The Bertz CT molecular complexity index is 498. The molecule has 16 heavy (non-hydrogen) atoms. The van der Waals surface area contributed by atoms with Crippen LogP contribution in [0.2, 0.25) is 0 Å². The molecule has 0 aliphatic heterocycles. The minimum absolute atomic E-state index is 0.451. The minimum Gasteiger partial charge on any atom is -0.479 e. The molecule has 2 aromatic rings. The fraction of sp³-hybridized carbons (Fsp3) is 0.200. The van der Waals surface area contributed by atoms with Gasteiger partial charge in [0.2, 0.25) is 5.88 Å². The van der Waals surface area contributed by atoms with E-state index in [0.717, 1.165) is 0 Å². The fourth-order valence-corrected chi connectivity index (χ4v) is 1.78. The number of hydrogen-bond acceptors (Lipinski definition) is 5. The lowest BCUT2D eigenvalue weighted by atomic mass is 10.3. The standard InChI is InChI=1S/C10H9BrN4O/c1-6-14-7(5-8(11)15-6)9-10(16-2)13-4-3-12-9/h3-5H,1-2H3. The summed E-state index contributed by atoms with van der Waals surface area (Å²) in [6, 6.07) is 1.78. The first-order valence-electron chi connectivity index (χ1n) is 4.57. The van der Waals surface area contributed by atoms with Crippen LogP contribution in [0.3, 0.4) is 0 Å². The van der Waals surface area contributed by atoms with Crippen molar-refractivity contribution < 1.29 is 4.74 Å². The second-order valence-electron chi connectivity index (χ2n) is 3.04. The first-order chi connectivity index (χ1) is 7.70. The van der Waals surface area contributed by atoms with E-state index in [1.165, 1.54) is 0 Å². The van der Waals surface area contributed by atoms with E-state index < -0.39 is 0 Å². The van der Waals surface area contributed by atoms with Gasteiger partial charge in [0.1, 0.15) is 10.4 Å². The van der Waals surface area contributed by atoms with Crippen molar-refractivity contribution in [2.24, 2.45) is 0 Å². The van der Waals surface area contributed by atoms with Crippen molar-refractivity contribution in [3.05, 3.63) is 28.9 Å². The molecule has 0 fully saturated rings. The summed E-state index contributed by atoms with van der Waals surface area (Å²) in [6.45, 7) is 1.82. The second kappa shape index (κ2) is 4.52. The van der Waals surface area contributed by atoms with Gasteiger partial charge < -0.3 is 4.74 Å². The van der Waals surface area contributed by atoms with Crippen LogP contribution in [0.4, 0.5) is 0 Å². The SMILES string of the molecule is COc1nccnc1-c1cc(Br)nc(C)n1. The molecule has 0 unspecified atom stereocenters. The van der Waals surface area contributed by atoms with Crippen LogP contribution in [0.5, 0.6) is 5.88 Å². The molecule has 2 rings (SSSR count). The summed E-state index contributed by atoms with van der Waals surface area (Å²) in [6.07, 6.45) is 3.18. The number of rotatable bonds is 2. The Kier molecular flexibility index (Phi) is 3.09. The summed E-state index contributed by atoms with van der Waals surface area (Å²) in [5.41, 5.74) is 1.29. The van der Waals surface area contributed by atoms with Crippen molar-refractivity contribution >= 4 is 15.9 Å². The molecule has 0 atom stereocenters. The maximum absolute atomic E-state index is 5.13. The van der Waals surface area contributed by atoms with Gasteiger partial charge in [-0.15, -0.1) is 0 Å². The topological polar surface area (TPSA) is 60.8 Å². The molecule has 0 aromatic carbocycles. The van der Waals surface area contributed by atoms with Gasteiger partial charge in [0.25, 0.3) is 0 Å². The van der Waals surface area contributed by atoms with Crippen LogP contribution in [0.1, 0.15) is 5.82 Å². The largest absolute Gasteiger partial charge is 0.479 e. The van der Waals surface area contributed by atoms with Crippen molar-refractivity contribution in [2.75, 3.05) is 7.11 Å². The van der Waals surface area contributed by atoms with Gasteiger partial charge in [-0.1, -0.05) is 0 Å². The molecule has 0 radical (unpaired) electrons. The average Bonchev–Trinajstić information content (AvgIpc) is 2.27. The van der Waals surface area contributed by atoms with E-state index in [1.807, 2.05) is 6.92 Å². The Morgan fingerprint density at radius 2 is 1.94 bits per heavy atom. The van der Waals surface area contributed by atoms with Crippen molar-refractivity contribution in [1.29, 1.82) is 0 Å². The van der Waals surface area contributed by atoms with Crippen molar-refractivity contribution in [3.63, 3.8) is 0 Å². The average molecular weight is 281 g/mol. The maximum Gasteiger partial charge on any atom is 0.241 e. The van der Waals surface area contributed by atoms with Gasteiger partial charge in [0.15, 0.2) is 5.69 Å². The Labute approximate surface area is 101 Å². The van der Waals surface area contributed by atoms with Gasteiger partial charge in [-0.25, -0.2) is 19.9 Å². The lowest BCUT2D eigenvalue weighted by Gasteiger charge is -2.05. The molecule has 0 spiro atoms. The summed E-state index contributed by atoms with van der Waals surface area (Å²) in [4.78, 5) is 16.7. The highest BCUT2D eigenvalue weighted by molar-refractivity contribution is 9.10. The van der Waals surface area contributed by atoms with Crippen molar-refractivity contribution in [3.8, 4) is 17.3 Å². The molecule has 2 heterocycles. The molecule has 0 bridgehead atoms. The van der Waals surface area contributed by atoms with Crippen molar-refractivity contribution in [2.45, 2.75) is 6.92 Å². The lowest BCUT2D eigenvalue weighted by Crippen LogP contribution is -1.98. The Morgan fingerprint density at radius 3 is 2.62 bits per heavy atom. The fourth-order valence-electron chi connectivity index (χ4n) is 1.30. The van der Waals surface area contributed by atoms with E-state index in [9.17, 15) is 0 Å². The van der Waals surface area contributed by atoms with E-state index in [1.54, 1.807) is 25.6 Å². The predicted molar refractivity (Wildman–Crippen MR) is 62.0 cm³/mol. The highest BCUT2D eigenvalue weighted by Gasteiger charge is 2.11. The summed E-state index contributed by atoms with van der Waals surface area (Å²) in [5, 5.41) is 0. The number of aromatic nitrogens is 4. The number of halogens is 1. The second-order valence-corrected chi connectivity index (χ2v) is 3.85. The van der Waals surface area contributed by atoms with Crippen molar-refractivity contribution in [1.82, 2.24) is 19.9 Å². The first-order valence-corrected chi connectivity index (χ1v) is 5.36. The monoisotopic (exact) mass is 280 g/mol. The summed E-state index contributed by atoms with van der Waals surface area (Å²) >= 11 is 3.32. The van der Waals surface area contributed by atoms with Crippen LogP contribution < -0.4 is 4.74 Å². The third-order valence-corrected chi connectivity index (χ3v) is 2.31. The van der Waals surface area contributed by atoms with E-state index >= 15 is 0 Å². The first kappa shape index (κ1) is 10.9. The van der Waals surface area contributed by atoms with E-state index in [2.05, 4.69) is 35.9 Å². The molecule has 0 amide bonds. The quantitative estimate of drug-likeness (QED) is 0.788. The van der Waals surface area contributed by atoms with Crippen LogP contribution >= 0.6 is 15.9 Å². The highest BCUT2D eigenvalue weighted by Crippen LogP contribution is 2.24. The molecule has 0 aliphatic rings. The normalized spacial score (nSPS) is 10.2. The van der Waals surface area contributed by atoms with Crippen LogP contribution in [-0.2, 0) is 0 Å². The van der Waals surface area contributed by atoms with Gasteiger partial charge in [0, 0.05) is 12.4 Å². The molecular weight excluding hydrogens is 272 g/mol. The zero-order valence-electron chi connectivity index (χ0n) is 8.81. The molecule has 2 aromatic heterocycles. The predicted octanol–water partition coefficient (Wildman–Crippen LogP) is 2.01. The zero-order valence-corrected chi connectivity index (χ0v) is 10.4. The van der Waals surface area contributed by atoms with Crippen LogP contribution in [0.15, 0.2) is 23.1 Å². The molecule has 5 nitrogen and oxygen atoms in total. The molecule has 0 saturated carbocycles. The maximum atomic E-state index is 5.13. The third kappa shape index (κ3) is 2.16. The lowest BCUT2D eigenvalue weighted by molar-refractivity contribution is 0.397.